The van der Waals surface area contributed by atoms with Gasteiger partial charge in [0.05, 0.1) is 12.4 Å². The van der Waals surface area contributed by atoms with E-state index in [1.807, 2.05) is 36.0 Å². The molecule has 102 valence electrons. The largest absolute Gasteiger partial charge is 0.454 e. The number of hydrogen-bond donors (Lipinski definition) is 1. The van der Waals surface area contributed by atoms with E-state index in [2.05, 4.69) is 25.0 Å². The molecule has 0 saturated heterocycles. The zero-order valence-electron chi connectivity index (χ0n) is 11.7. The Labute approximate surface area is 114 Å². The number of ether oxygens (including phenoxy) is 1. The fraction of sp³-hybridized carbons (Fsp3) is 0.400. The van der Waals surface area contributed by atoms with Crippen LogP contribution in [-0.2, 0) is 6.42 Å². The molecule has 2 rings (SSSR count). The second kappa shape index (κ2) is 5.89. The molecule has 2 N–H and O–H groups in total. The zero-order chi connectivity index (χ0) is 13.8. The van der Waals surface area contributed by atoms with Crippen molar-refractivity contribution in [2.45, 2.75) is 39.3 Å². The van der Waals surface area contributed by atoms with E-state index in [0.717, 1.165) is 17.9 Å². The van der Waals surface area contributed by atoms with Crippen LogP contribution in [0.25, 0.3) is 0 Å². The van der Waals surface area contributed by atoms with Gasteiger partial charge in [-0.2, -0.15) is 5.10 Å². The number of nitrogens with two attached hydrogens (primary N) is 1. The quantitative estimate of drug-likeness (QED) is 0.897. The Bertz CT molecular complexity index is 532. The average Bonchev–Trinajstić information content (AvgIpc) is 2.77. The van der Waals surface area contributed by atoms with Crippen LogP contribution in [-0.4, -0.2) is 15.8 Å². The minimum atomic E-state index is 0.152. The molecule has 0 saturated carbocycles. The molecule has 0 bridgehead atoms. The van der Waals surface area contributed by atoms with Crippen LogP contribution >= 0.6 is 0 Å². The molecule has 0 aliphatic heterocycles. The molecule has 0 spiro atoms. The molecule has 19 heavy (non-hydrogen) atoms. The lowest BCUT2D eigenvalue weighted by molar-refractivity contribution is 0.476. The summed E-state index contributed by atoms with van der Waals surface area (Å²) >= 11 is 0. The van der Waals surface area contributed by atoms with E-state index in [1.165, 1.54) is 5.56 Å². The van der Waals surface area contributed by atoms with Crippen molar-refractivity contribution in [1.29, 1.82) is 0 Å². The zero-order valence-corrected chi connectivity index (χ0v) is 11.7. The van der Waals surface area contributed by atoms with Crippen LogP contribution in [0.1, 0.15) is 32.4 Å². The molecule has 4 nitrogen and oxygen atoms in total. The van der Waals surface area contributed by atoms with Crippen LogP contribution in [0.2, 0.25) is 0 Å². The molecule has 1 heterocycles. The van der Waals surface area contributed by atoms with Crippen molar-refractivity contribution in [3.8, 4) is 11.5 Å². The van der Waals surface area contributed by atoms with Crippen molar-refractivity contribution in [3.63, 3.8) is 0 Å². The van der Waals surface area contributed by atoms with E-state index < -0.39 is 0 Å². The van der Waals surface area contributed by atoms with Crippen LogP contribution in [0.5, 0.6) is 11.5 Å². The number of nitrogens with zero attached hydrogens (tertiary/aromatic N) is 2. The molecule has 0 radical (unpaired) electrons. The van der Waals surface area contributed by atoms with Crippen molar-refractivity contribution >= 4 is 0 Å². The SMILES string of the molecule is CC(N)Cc1cccc(Oc2cnn(C(C)C)c2)c1. The normalized spacial score (nSPS) is 12.7. The lowest BCUT2D eigenvalue weighted by atomic mass is 10.1. The molecule has 1 aromatic carbocycles. The van der Waals surface area contributed by atoms with Crippen LogP contribution in [0.4, 0.5) is 0 Å². The minimum Gasteiger partial charge on any atom is -0.454 e. The maximum absolute atomic E-state index is 5.81. The van der Waals surface area contributed by atoms with Crippen LogP contribution in [0.15, 0.2) is 36.7 Å². The summed E-state index contributed by atoms with van der Waals surface area (Å²) < 4.78 is 7.68. The van der Waals surface area contributed by atoms with Crippen molar-refractivity contribution in [3.05, 3.63) is 42.2 Å². The van der Waals surface area contributed by atoms with Gasteiger partial charge in [0.25, 0.3) is 0 Å². The molecule has 0 amide bonds. The lowest BCUT2D eigenvalue weighted by Crippen LogP contribution is -2.17. The van der Waals surface area contributed by atoms with E-state index in [-0.39, 0.29) is 6.04 Å². The summed E-state index contributed by atoms with van der Waals surface area (Å²) in [5.41, 5.74) is 6.99. The predicted octanol–water partition coefficient (Wildman–Crippen LogP) is 3.15. The van der Waals surface area contributed by atoms with Crippen molar-refractivity contribution in [2.75, 3.05) is 0 Å². The Kier molecular flexibility index (Phi) is 4.22. The molecule has 1 atom stereocenters. The highest BCUT2D eigenvalue weighted by Crippen LogP contribution is 2.23. The highest BCUT2D eigenvalue weighted by Gasteiger charge is 2.05. The average molecular weight is 259 g/mol. The van der Waals surface area contributed by atoms with E-state index in [4.69, 9.17) is 10.5 Å². The first-order valence-corrected chi connectivity index (χ1v) is 6.61. The molecule has 2 aromatic rings. The first-order chi connectivity index (χ1) is 9.04. The monoisotopic (exact) mass is 259 g/mol. The smallest absolute Gasteiger partial charge is 0.165 e. The standard InChI is InChI=1S/C15H21N3O/c1-11(2)18-10-15(9-17-18)19-14-6-4-5-13(8-14)7-12(3)16/h4-6,8-12H,7,16H2,1-3H3. The Morgan fingerprint density at radius 1 is 1.26 bits per heavy atom. The van der Waals surface area contributed by atoms with E-state index in [1.54, 1.807) is 6.20 Å². The Morgan fingerprint density at radius 3 is 2.68 bits per heavy atom. The van der Waals surface area contributed by atoms with Crippen molar-refractivity contribution in [2.24, 2.45) is 5.73 Å². The van der Waals surface area contributed by atoms with Crippen molar-refractivity contribution < 1.29 is 4.74 Å². The van der Waals surface area contributed by atoms with Crippen LogP contribution < -0.4 is 10.5 Å². The fourth-order valence-corrected chi connectivity index (χ4v) is 1.90. The molecule has 1 unspecified atom stereocenters. The lowest BCUT2D eigenvalue weighted by Gasteiger charge is -2.08. The van der Waals surface area contributed by atoms with Gasteiger partial charge in [-0.05, 0) is 44.9 Å². The molecule has 0 aliphatic carbocycles. The summed E-state index contributed by atoms with van der Waals surface area (Å²) in [7, 11) is 0. The summed E-state index contributed by atoms with van der Waals surface area (Å²) in [4.78, 5) is 0. The summed E-state index contributed by atoms with van der Waals surface area (Å²) in [6.07, 6.45) is 4.49. The molecular weight excluding hydrogens is 238 g/mol. The molecule has 4 heteroatoms. The third kappa shape index (κ3) is 3.83. The van der Waals surface area contributed by atoms with Gasteiger partial charge < -0.3 is 10.5 Å². The molecule has 0 fully saturated rings. The topological polar surface area (TPSA) is 53.1 Å². The first-order valence-electron chi connectivity index (χ1n) is 6.61. The Hall–Kier alpha value is -1.81. The number of aromatic nitrogens is 2. The molecule has 0 aliphatic rings. The number of hydrogen-bond acceptors (Lipinski definition) is 3. The van der Waals surface area contributed by atoms with Crippen LogP contribution in [0.3, 0.4) is 0 Å². The number of rotatable bonds is 5. The van der Waals surface area contributed by atoms with Gasteiger partial charge in [-0.25, -0.2) is 0 Å². The summed E-state index contributed by atoms with van der Waals surface area (Å²) in [5.74, 6) is 1.58. The third-order valence-corrected chi connectivity index (χ3v) is 2.80. The molecule has 1 aromatic heterocycles. The van der Waals surface area contributed by atoms with Gasteiger partial charge >= 0.3 is 0 Å². The second-order valence-corrected chi connectivity index (χ2v) is 5.18. The highest BCUT2D eigenvalue weighted by atomic mass is 16.5. The van der Waals surface area contributed by atoms with Gasteiger partial charge in [0.1, 0.15) is 5.75 Å². The summed E-state index contributed by atoms with van der Waals surface area (Å²) in [6, 6.07) is 8.50. The van der Waals surface area contributed by atoms with Crippen LogP contribution in [0, 0.1) is 0 Å². The van der Waals surface area contributed by atoms with Gasteiger partial charge in [0.2, 0.25) is 0 Å². The van der Waals surface area contributed by atoms with Crippen molar-refractivity contribution in [1.82, 2.24) is 9.78 Å². The van der Waals surface area contributed by atoms with E-state index >= 15 is 0 Å². The van der Waals surface area contributed by atoms with Gasteiger partial charge in [-0.3, -0.25) is 4.68 Å². The third-order valence-electron chi connectivity index (χ3n) is 2.80. The first kappa shape index (κ1) is 13.6. The van der Waals surface area contributed by atoms with Gasteiger partial charge in [0.15, 0.2) is 5.75 Å². The minimum absolute atomic E-state index is 0.152. The molecular formula is C15H21N3O. The second-order valence-electron chi connectivity index (χ2n) is 5.18. The maximum Gasteiger partial charge on any atom is 0.165 e. The van der Waals surface area contributed by atoms with Gasteiger partial charge in [0, 0.05) is 12.1 Å². The van der Waals surface area contributed by atoms with Gasteiger partial charge in [-0.1, -0.05) is 12.1 Å². The van der Waals surface area contributed by atoms with E-state index in [0.29, 0.717) is 6.04 Å². The van der Waals surface area contributed by atoms with E-state index in [9.17, 15) is 0 Å². The Balaban J connectivity index is 2.09. The predicted molar refractivity (Wildman–Crippen MR) is 76.5 cm³/mol. The summed E-state index contributed by atoms with van der Waals surface area (Å²) in [5, 5.41) is 4.25. The maximum atomic E-state index is 5.81. The Morgan fingerprint density at radius 2 is 2.05 bits per heavy atom. The number of benzene rings is 1. The van der Waals surface area contributed by atoms with Gasteiger partial charge in [-0.15, -0.1) is 0 Å². The fourth-order valence-electron chi connectivity index (χ4n) is 1.90. The summed E-state index contributed by atoms with van der Waals surface area (Å²) in [6.45, 7) is 6.17. The highest BCUT2D eigenvalue weighted by molar-refractivity contribution is 5.32.